The summed E-state index contributed by atoms with van der Waals surface area (Å²) in [5.41, 5.74) is 2.60. The van der Waals surface area contributed by atoms with E-state index in [0.717, 1.165) is 45.2 Å². The molecule has 1 aromatic carbocycles. The van der Waals surface area contributed by atoms with Crippen LogP contribution in [0.15, 0.2) is 29.3 Å². The van der Waals surface area contributed by atoms with Crippen LogP contribution < -0.4 is 10.6 Å². The van der Waals surface area contributed by atoms with Gasteiger partial charge in [0.1, 0.15) is 0 Å². The zero-order chi connectivity index (χ0) is 18.5. The van der Waals surface area contributed by atoms with Gasteiger partial charge in [0.05, 0.1) is 6.54 Å². The van der Waals surface area contributed by atoms with Gasteiger partial charge in [-0.3, -0.25) is 0 Å². The van der Waals surface area contributed by atoms with Crippen LogP contribution in [0.3, 0.4) is 0 Å². The molecule has 1 aromatic rings. The highest BCUT2D eigenvalue weighted by Crippen LogP contribution is 2.11. The van der Waals surface area contributed by atoms with Crippen molar-refractivity contribution < 1.29 is 4.74 Å². The van der Waals surface area contributed by atoms with E-state index in [4.69, 9.17) is 9.73 Å². The molecule has 5 heteroatoms. The molecule has 0 aliphatic rings. The van der Waals surface area contributed by atoms with E-state index in [1.54, 1.807) is 0 Å². The first-order valence-corrected chi connectivity index (χ1v) is 9.34. The Morgan fingerprint density at radius 3 is 2.52 bits per heavy atom. The maximum atomic E-state index is 5.61. The minimum atomic E-state index is 0.592. The molecular formula is C20H36N4O. The molecular weight excluding hydrogens is 312 g/mol. The van der Waals surface area contributed by atoms with E-state index < -0.39 is 0 Å². The van der Waals surface area contributed by atoms with Gasteiger partial charge in [0, 0.05) is 32.8 Å². The summed E-state index contributed by atoms with van der Waals surface area (Å²) in [4.78, 5) is 6.92. The normalized spacial score (nSPS) is 12.0. The number of nitrogens with zero attached hydrogens (tertiary/aromatic N) is 2. The van der Waals surface area contributed by atoms with Crippen LogP contribution in [0.4, 0.5) is 0 Å². The molecule has 25 heavy (non-hydrogen) atoms. The number of aliphatic imine (C=N–C) groups is 1. The Balaban J connectivity index is 2.50. The Hall–Kier alpha value is -1.59. The molecule has 0 aliphatic carbocycles. The van der Waals surface area contributed by atoms with Crippen molar-refractivity contribution in [2.45, 2.75) is 40.3 Å². The van der Waals surface area contributed by atoms with Crippen molar-refractivity contribution in [2.24, 2.45) is 10.9 Å². The molecule has 0 aromatic heterocycles. The van der Waals surface area contributed by atoms with Crippen LogP contribution in [0.2, 0.25) is 0 Å². The van der Waals surface area contributed by atoms with E-state index >= 15 is 0 Å². The van der Waals surface area contributed by atoms with Gasteiger partial charge in [-0.05, 0) is 44.5 Å². The fraction of sp³-hybridized carbons (Fsp3) is 0.650. The lowest BCUT2D eigenvalue weighted by Crippen LogP contribution is -2.38. The third-order valence-electron chi connectivity index (χ3n) is 3.57. The molecule has 0 atom stereocenters. The van der Waals surface area contributed by atoms with Gasteiger partial charge in [0.15, 0.2) is 5.96 Å². The van der Waals surface area contributed by atoms with Gasteiger partial charge in [-0.2, -0.15) is 0 Å². The van der Waals surface area contributed by atoms with Crippen molar-refractivity contribution in [1.29, 1.82) is 0 Å². The number of hydrogen-bond acceptors (Lipinski definition) is 3. The lowest BCUT2D eigenvalue weighted by Gasteiger charge is -2.14. The lowest BCUT2D eigenvalue weighted by molar-refractivity contribution is 0.108. The highest BCUT2D eigenvalue weighted by molar-refractivity contribution is 5.79. The SMILES string of the molecule is CCNC(=NCc1ccccc1CN(C)C)NCCCOCC(C)C. The van der Waals surface area contributed by atoms with Crippen LogP contribution in [-0.2, 0) is 17.8 Å². The summed E-state index contributed by atoms with van der Waals surface area (Å²) in [7, 11) is 4.18. The molecule has 142 valence electrons. The molecule has 0 aliphatic heterocycles. The fourth-order valence-corrected chi connectivity index (χ4v) is 2.41. The Labute approximate surface area is 153 Å². The molecule has 0 unspecified atom stereocenters. The van der Waals surface area contributed by atoms with Gasteiger partial charge < -0.3 is 20.3 Å². The summed E-state index contributed by atoms with van der Waals surface area (Å²) in [6.07, 6.45) is 0.981. The maximum Gasteiger partial charge on any atom is 0.191 e. The predicted octanol–water partition coefficient (Wildman–Crippen LogP) is 2.87. The maximum absolute atomic E-state index is 5.61. The Morgan fingerprint density at radius 2 is 1.88 bits per heavy atom. The molecule has 1 rings (SSSR count). The first-order chi connectivity index (χ1) is 12.0. The van der Waals surface area contributed by atoms with E-state index in [-0.39, 0.29) is 0 Å². The van der Waals surface area contributed by atoms with Crippen molar-refractivity contribution >= 4 is 5.96 Å². The highest BCUT2D eigenvalue weighted by atomic mass is 16.5. The highest BCUT2D eigenvalue weighted by Gasteiger charge is 2.03. The predicted molar refractivity (Wildman–Crippen MR) is 107 cm³/mol. The average molecular weight is 349 g/mol. The summed E-state index contributed by atoms with van der Waals surface area (Å²) in [6.45, 7) is 11.4. The van der Waals surface area contributed by atoms with Crippen LogP contribution in [0.25, 0.3) is 0 Å². The smallest absolute Gasteiger partial charge is 0.191 e. The van der Waals surface area contributed by atoms with Crippen molar-refractivity contribution in [3.05, 3.63) is 35.4 Å². The minimum Gasteiger partial charge on any atom is -0.381 e. The second-order valence-electron chi connectivity index (χ2n) is 6.95. The molecule has 0 saturated heterocycles. The molecule has 0 heterocycles. The lowest BCUT2D eigenvalue weighted by atomic mass is 10.1. The van der Waals surface area contributed by atoms with E-state index in [1.165, 1.54) is 11.1 Å². The molecule has 0 fully saturated rings. The zero-order valence-corrected chi connectivity index (χ0v) is 16.6. The molecule has 5 nitrogen and oxygen atoms in total. The van der Waals surface area contributed by atoms with Crippen LogP contribution in [0.1, 0.15) is 38.3 Å². The number of benzene rings is 1. The van der Waals surface area contributed by atoms with Crippen LogP contribution in [0, 0.1) is 5.92 Å². The van der Waals surface area contributed by atoms with Gasteiger partial charge in [-0.25, -0.2) is 4.99 Å². The molecule has 0 spiro atoms. The summed E-state index contributed by atoms with van der Waals surface area (Å²) in [5, 5.41) is 6.70. The summed E-state index contributed by atoms with van der Waals surface area (Å²) < 4.78 is 5.61. The van der Waals surface area contributed by atoms with Crippen molar-refractivity contribution in [3.8, 4) is 0 Å². The number of rotatable bonds is 11. The Kier molecular flexibility index (Phi) is 10.9. The zero-order valence-electron chi connectivity index (χ0n) is 16.6. The average Bonchev–Trinajstić information content (AvgIpc) is 2.56. The summed E-state index contributed by atoms with van der Waals surface area (Å²) in [5.74, 6) is 1.46. The number of nitrogens with one attached hydrogen (secondary N) is 2. The number of hydrogen-bond donors (Lipinski definition) is 2. The van der Waals surface area contributed by atoms with Crippen LogP contribution in [0.5, 0.6) is 0 Å². The molecule has 0 bridgehead atoms. The van der Waals surface area contributed by atoms with E-state index in [2.05, 4.69) is 74.7 Å². The quantitative estimate of drug-likeness (QED) is 0.367. The van der Waals surface area contributed by atoms with Crippen molar-refractivity contribution in [2.75, 3.05) is 40.4 Å². The van der Waals surface area contributed by atoms with Crippen molar-refractivity contribution in [1.82, 2.24) is 15.5 Å². The third kappa shape index (κ3) is 10.1. The minimum absolute atomic E-state index is 0.592. The first kappa shape index (κ1) is 21.5. The Morgan fingerprint density at radius 1 is 1.16 bits per heavy atom. The largest absolute Gasteiger partial charge is 0.381 e. The topological polar surface area (TPSA) is 48.9 Å². The van der Waals surface area contributed by atoms with Gasteiger partial charge in [0.2, 0.25) is 0 Å². The van der Waals surface area contributed by atoms with Gasteiger partial charge in [0.25, 0.3) is 0 Å². The van der Waals surface area contributed by atoms with Gasteiger partial charge >= 0.3 is 0 Å². The van der Waals surface area contributed by atoms with Crippen molar-refractivity contribution in [3.63, 3.8) is 0 Å². The van der Waals surface area contributed by atoms with E-state index in [0.29, 0.717) is 12.5 Å². The second-order valence-corrected chi connectivity index (χ2v) is 6.95. The van der Waals surface area contributed by atoms with E-state index in [1.807, 2.05) is 0 Å². The molecule has 0 radical (unpaired) electrons. The molecule has 0 amide bonds. The summed E-state index contributed by atoms with van der Waals surface area (Å²) >= 11 is 0. The van der Waals surface area contributed by atoms with E-state index in [9.17, 15) is 0 Å². The third-order valence-corrected chi connectivity index (χ3v) is 3.57. The monoisotopic (exact) mass is 348 g/mol. The van der Waals surface area contributed by atoms with Crippen LogP contribution in [-0.4, -0.2) is 51.3 Å². The van der Waals surface area contributed by atoms with Gasteiger partial charge in [-0.15, -0.1) is 0 Å². The number of guanidine groups is 1. The molecule has 0 saturated carbocycles. The number of ether oxygens (including phenoxy) is 1. The fourth-order valence-electron chi connectivity index (χ4n) is 2.41. The standard InChI is InChI=1S/C20H36N4O/c1-6-21-20(22-12-9-13-25-16-17(2)3)23-14-18-10-7-8-11-19(18)15-24(4)5/h7-8,10-11,17H,6,9,12-16H2,1-5H3,(H2,21,22,23). The first-order valence-electron chi connectivity index (χ1n) is 9.34. The second kappa shape index (κ2) is 12.7. The van der Waals surface area contributed by atoms with Crippen LogP contribution >= 0.6 is 0 Å². The summed E-state index contributed by atoms with van der Waals surface area (Å²) in [6, 6.07) is 8.51. The Bertz CT molecular complexity index is 500. The molecule has 2 N–H and O–H groups in total. The van der Waals surface area contributed by atoms with Gasteiger partial charge in [-0.1, -0.05) is 38.1 Å².